The maximum Gasteiger partial charge on any atom is 0.337 e. The Kier molecular flexibility index (Phi) is 6.74. The molecule has 2 aromatic carbocycles. The number of rotatable bonds is 5. The summed E-state index contributed by atoms with van der Waals surface area (Å²) in [5.41, 5.74) is 7.18. The van der Waals surface area contributed by atoms with Crippen molar-refractivity contribution >= 4 is 11.8 Å². The first-order chi connectivity index (χ1) is 17.4. The van der Waals surface area contributed by atoms with Gasteiger partial charge in [-0.3, -0.25) is 4.79 Å². The number of nitrogens with one attached hydrogen (secondary N) is 1. The highest BCUT2D eigenvalue weighted by atomic mass is 16.5. The largest absolute Gasteiger partial charge is 0.508 e. The van der Waals surface area contributed by atoms with Crippen molar-refractivity contribution in [1.82, 2.24) is 5.32 Å². The second-order valence-corrected chi connectivity index (χ2v) is 10.5. The van der Waals surface area contributed by atoms with Crippen molar-refractivity contribution in [1.29, 1.82) is 0 Å². The molecule has 0 bridgehead atoms. The molecular formula is C31H35NO4. The predicted octanol–water partition coefficient (Wildman–Crippen LogP) is 6.25. The number of hydrogen-bond donors (Lipinski definition) is 2. The Bertz CT molecular complexity index is 1270. The van der Waals surface area contributed by atoms with Crippen LogP contribution in [0.3, 0.4) is 0 Å². The van der Waals surface area contributed by atoms with Crippen molar-refractivity contribution in [3.05, 3.63) is 87.3 Å². The molecule has 0 amide bonds. The van der Waals surface area contributed by atoms with Gasteiger partial charge in [0.05, 0.1) is 5.57 Å². The number of dihydropyridines is 1. The van der Waals surface area contributed by atoms with Crippen molar-refractivity contribution in [2.45, 2.75) is 83.7 Å². The maximum atomic E-state index is 13.8. The highest BCUT2D eigenvalue weighted by molar-refractivity contribution is 6.04. The minimum absolute atomic E-state index is 0.0448. The fourth-order valence-corrected chi connectivity index (χ4v) is 6.23. The molecule has 1 aliphatic heterocycles. The molecule has 2 unspecified atom stereocenters. The quantitative estimate of drug-likeness (QED) is 0.490. The number of Topliss-reactive ketones (excluding diaryl/α,β-unsaturated/α-hetero) is 1. The lowest BCUT2D eigenvalue weighted by Gasteiger charge is -2.37. The standard InChI is InChI=1S/C31H35NO4/c1-4-25-30(31(35)36-23-10-5-6-11-23)28(20-8-7-9-22(33)15-20)29-26(32-25)16-21(17-27(29)34)24-13-12-18(2)14-19(24)3/h7-9,12-15,21,23,28,32-33H,4-6,10-11,16-17H2,1-3H3. The first-order valence-corrected chi connectivity index (χ1v) is 13.2. The topological polar surface area (TPSA) is 75.6 Å². The number of phenols is 1. The van der Waals surface area contributed by atoms with Crippen molar-refractivity contribution in [2.24, 2.45) is 0 Å². The van der Waals surface area contributed by atoms with Gasteiger partial charge in [0.1, 0.15) is 11.9 Å². The van der Waals surface area contributed by atoms with Gasteiger partial charge in [0.15, 0.2) is 5.78 Å². The smallest absolute Gasteiger partial charge is 0.337 e. The van der Waals surface area contributed by atoms with Crippen LogP contribution in [-0.4, -0.2) is 23.0 Å². The minimum Gasteiger partial charge on any atom is -0.508 e. The summed E-state index contributed by atoms with van der Waals surface area (Å²) in [5.74, 6) is -0.658. The number of benzene rings is 2. The normalized spacial score (nSPS) is 22.5. The summed E-state index contributed by atoms with van der Waals surface area (Å²) in [6.07, 6.45) is 5.55. The molecule has 2 atom stereocenters. The summed E-state index contributed by atoms with van der Waals surface area (Å²) >= 11 is 0. The number of ketones is 1. The van der Waals surface area contributed by atoms with Crippen molar-refractivity contribution in [3.8, 4) is 5.75 Å². The minimum atomic E-state index is -0.551. The molecule has 2 aliphatic carbocycles. The molecule has 188 valence electrons. The molecule has 0 spiro atoms. The second kappa shape index (κ2) is 9.96. The van der Waals surface area contributed by atoms with Crippen LogP contribution in [0.15, 0.2) is 65.0 Å². The number of hydrogen-bond acceptors (Lipinski definition) is 5. The molecule has 2 aromatic rings. The Labute approximate surface area is 213 Å². The van der Waals surface area contributed by atoms with Crippen LogP contribution in [0, 0.1) is 13.8 Å². The summed E-state index contributed by atoms with van der Waals surface area (Å²) in [7, 11) is 0. The molecule has 1 fully saturated rings. The van der Waals surface area contributed by atoms with Gasteiger partial charge in [-0.1, -0.05) is 42.8 Å². The average molecular weight is 486 g/mol. The number of aryl methyl sites for hydroxylation is 2. The summed E-state index contributed by atoms with van der Waals surface area (Å²) in [6, 6.07) is 13.4. The van der Waals surface area contributed by atoms with Crippen LogP contribution in [0.2, 0.25) is 0 Å². The van der Waals surface area contributed by atoms with Gasteiger partial charge in [-0.25, -0.2) is 4.79 Å². The number of esters is 1. The lowest BCUT2D eigenvalue weighted by molar-refractivity contribution is -0.144. The molecule has 1 heterocycles. The number of aromatic hydroxyl groups is 1. The van der Waals surface area contributed by atoms with Crippen molar-refractivity contribution in [3.63, 3.8) is 0 Å². The summed E-state index contributed by atoms with van der Waals surface area (Å²) in [4.78, 5) is 27.5. The average Bonchev–Trinajstić information content (AvgIpc) is 3.35. The maximum absolute atomic E-state index is 13.8. The van der Waals surface area contributed by atoms with Crippen molar-refractivity contribution in [2.75, 3.05) is 0 Å². The Balaban J connectivity index is 1.58. The first-order valence-electron chi connectivity index (χ1n) is 13.2. The van der Waals surface area contributed by atoms with E-state index in [1.165, 1.54) is 16.7 Å². The molecule has 5 nitrogen and oxygen atoms in total. The molecule has 2 N–H and O–H groups in total. The fraction of sp³-hybridized carbons (Fsp3) is 0.419. The number of ether oxygens (including phenoxy) is 1. The molecule has 1 saturated carbocycles. The van der Waals surface area contributed by atoms with E-state index in [4.69, 9.17) is 4.74 Å². The van der Waals surface area contributed by atoms with Gasteiger partial charge in [0.25, 0.3) is 0 Å². The van der Waals surface area contributed by atoms with E-state index in [0.29, 0.717) is 30.4 Å². The summed E-state index contributed by atoms with van der Waals surface area (Å²) in [5, 5.41) is 13.8. The van der Waals surface area contributed by atoms with Crippen LogP contribution in [0.25, 0.3) is 0 Å². The first kappa shape index (κ1) is 24.4. The zero-order valence-corrected chi connectivity index (χ0v) is 21.4. The SMILES string of the molecule is CCC1=C(C(=O)OC2CCCC2)C(c2cccc(O)c2)C2=C(CC(c3ccc(C)cc3C)CC2=O)N1. The van der Waals surface area contributed by atoms with Gasteiger partial charge >= 0.3 is 5.97 Å². The fourth-order valence-electron chi connectivity index (χ4n) is 6.23. The van der Waals surface area contributed by atoms with Crippen LogP contribution in [-0.2, 0) is 14.3 Å². The van der Waals surface area contributed by atoms with Crippen LogP contribution in [0.1, 0.15) is 86.0 Å². The molecule has 0 radical (unpaired) electrons. The van der Waals surface area contributed by atoms with Gasteiger partial charge in [-0.15, -0.1) is 0 Å². The monoisotopic (exact) mass is 485 g/mol. The Morgan fingerprint density at radius 1 is 1.08 bits per heavy atom. The molecular weight excluding hydrogens is 450 g/mol. The third-order valence-electron chi connectivity index (χ3n) is 7.93. The number of carbonyl (C=O) groups is 2. The highest BCUT2D eigenvalue weighted by Crippen LogP contribution is 2.47. The third kappa shape index (κ3) is 4.59. The van der Waals surface area contributed by atoms with Crippen molar-refractivity contribution < 1.29 is 19.4 Å². The molecule has 5 heteroatoms. The summed E-state index contributed by atoms with van der Waals surface area (Å²) in [6.45, 7) is 6.20. The Morgan fingerprint density at radius 3 is 2.56 bits per heavy atom. The van der Waals surface area contributed by atoms with Crippen LogP contribution in [0.4, 0.5) is 0 Å². The Hall–Kier alpha value is -3.34. The van der Waals surface area contributed by atoms with Crippen LogP contribution < -0.4 is 5.32 Å². The van der Waals surface area contributed by atoms with E-state index < -0.39 is 5.92 Å². The van der Waals surface area contributed by atoms with E-state index in [9.17, 15) is 14.7 Å². The zero-order valence-electron chi connectivity index (χ0n) is 21.4. The van der Waals surface area contributed by atoms with E-state index in [1.807, 2.05) is 13.0 Å². The van der Waals surface area contributed by atoms with E-state index in [2.05, 4.69) is 37.4 Å². The van der Waals surface area contributed by atoms with Gasteiger partial charge < -0.3 is 15.2 Å². The predicted molar refractivity (Wildman–Crippen MR) is 140 cm³/mol. The third-order valence-corrected chi connectivity index (χ3v) is 7.93. The molecule has 5 rings (SSSR count). The van der Waals surface area contributed by atoms with Crippen LogP contribution >= 0.6 is 0 Å². The van der Waals surface area contributed by atoms with Gasteiger partial charge in [-0.2, -0.15) is 0 Å². The van der Waals surface area contributed by atoms with E-state index in [0.717, 1.165) is 42.6 Å². The van der Waals surface area contributed by atoms with Gasteiger partial charge in [0.2, 0.25) is 0 Å². The highest BCUT2D eigenvalue weighted by Gasteiger charge is 2.42. The lowest BCUT2D eigenvalue weighted by Crippen LogP contribution is -2.37. The number of allylic oxidation sites excluding steroid dienone is 3. The Morgan fingerprint density at radius 2 is 1.86 bits per heavy atom. The molecule has 0 saturated heterocycles. The van der Waals surface area contributed by atoms with Gasteiger partial charge in [0, 0.05) is 29.3 Å². The summed E-state index contributed by atoms with van der Waals surface area (Å²) < 4.78 is 5.96. The number of carbonyl (C=O) groups excluding carboxylic acids is 2. The molecule has 0 aromatic heterocycles. The molecule has 3 aliphatic rings. The van der Waals surface area contributed by atoms with E-state index >= 15 is 0 Å². The van der Waals surface area contributed by atoms with E-state index in [-0.39, 0.29) is 29.5 Å². The lowest BCUT2D eigenvalue weighted by atomic mass is 9.71. The number of phenolic OH excluding ortho intramolecular Hbond substituents is 1. The zero-order chi connectivity index (χ0) is 25.4. The van der Waals surface area contributed by atoms with Crippen LogP contribution in [0.5, 0.6) is 5.75 Å². The van der Waals surface area contributed by atoms with E-state index in [1.54, 1.807) is 18.2 Å². The second-order valence-electron chi connectivity index (χ2n) is 10.5. The molecule has 36 heavy (non-hydrogen) atoms. The van der Waals surface area contributed by atoms with Gasteiger partial charge in [-0.05, 0) is 87.1 Å².